The lowest BCUT2D eigenvalue weighted by Gasteiger charge is -2.12. The maximum Gasteiger partial charge on any atom is 0.273 e. The van der Waals surface area contributed by atoms with E-state index in [-0.39, 0.29) is 22.9 Å². The Morgan fingerprint density at radius 1 is 1.07 bits per heavy atom. The Morgan fingerprint density at radius 2 is 1.77 bits per heavy atom. The molecule has 3 rings (SSSR count). The van der Waals surface area contributed by atoms with Gasteiger partial charge in [-0.15, -0.1) is 0 Å². The Kier molecular flexibility index (Phi) is 7.24. The molecule has 158 valence electrons. The van der Waals surface area contributed by atoms with E-state index in [0.29, 0.717) is 12.6 Å². The lowest BCUT2D eigenvalue weighted by molar-refractivity contribution is 0.298. The molecule has 0 unspecified atom stereocenters. The van der Waals surface area contributed by atoms with Crippen LogP contribution in [0.1, 0.15) is 30.5 Å². The van der Waals surface area contributed by atoms with Crippen molar-refractivity contribution in [2.24, 2.45) is 0 Å². The van der Waals surface area contributed by atoms with Gasteiger partial charge in [0.1, 0.15) is 29.0 Å². The molecule has 2 aromatic carbocycles. The Balaban J connectivity index is 1.67. The van der Waals surface area contributed by atoms with Crippen molar-refractivity contribution in [2.75, 3.05) is 0 Å². The SMILES string of the molecule is CC(C)NCc1ccc(Cn2ccc(OCc3ccc(F)cc3F)c(Cl)c2=O)cc1. The first-order valence-electron chi connectivity index (χ1n) is 9.60. The highest BCUT2D eigenvalue weighted by molar-refractivity contribution is 6.31. The van der Waals surface area contributed by atoms with Gasteiger partial charge in [-0.1, -0.05) is 49.7 Å². The molecule has 0 aliphatic heterocycles. The summed E-state index contributed by atoms with van der Waals surface area (Å²) < 4.78 is 33.7. The number of halogens is 3. The number of rotatable bonds is 8. The summed E-state index contributed by atoms with van der Waals surface area (Å²) >= 11 is 6.17. The second kappa shape index (κ2) is 9.87. The van der Waals surface area contributed by atoms with E-state index in [9.17, 15) is 13.6 Å². The zero-order valence-electron chi connectivity index (χ0n) is 16.8. The van der Waals surface area contributed by atoms with Crippen molar-refractivity contribution in [1.82, 2.24) is 9.88 Å². The second-order valence-corrected chi connectivity index (χ2v) is 7.68. The lowest BCUT2D eigenvalue weighted by Crippen LogP contribution is -2.22. The maximum absolute atomic E-state index is 13.7. The Morgan fingerprint density at radius 3 is 2.43 bits per heavy atom. The zero-order valence-corrected chi connectivity index (χ0v) is 17.5. The zero-order chi connectivity index (χ0) is 21.7. The third-order valence-corrected chi connectivity index (χ3v) is 4.91. The molecule has 0 bridgehead atoms. The topological polar surface area (TPSA) is 43.3 Å². The standard InChI is InChI=1S/C23H23ClF2N2O2/c1-15(2)27-12-16-3-5-17(6-4-16)13-28-10-9-21(22(24)23(28)29)30-14-18-7-8-19(25)11-20(18)26/h3-11,15,27H,12-14H2,1-2H3. The molecule has 0 saturated heterocycles. The van der Waals surface area contributed by atoms with Crippen molar-refractivity contribution in [1.29, 1.82) is 0 Å². The van der Waals surface area contributed by atoms with Crippen LogP contribution in [0.15, 0.2) is 59.5 Å². The van der Waals surface area contributed by atoms with E-state index in [1.807, 2.05) is 24.3 Å². The molecule has 0 aliphatic carbocycles. The smallest absolute Gasteiger partial charge is 0.273 e. The van der Waals surface area contributed by atoms with Crippen molar-refractivity contribution in [3.05, 3.63) is 98.4 Å². The molecular weight excluding hydrogens is 410 g/mol. The van der Waals surface area contributed by atoms with E-state index in [1.165, 1.54) is 10.6 Å². The highest BCUT2D eigenvalue weighted by Gasteiger charge is 2.11. The predicted molar refractivity (Wildman–Crippen MR) is 114 cm³/mol. The monoisotopic (exact) mass is 432 g/mol. The number of aromatic nitrogens is 1. The van der Waals surface area contributed by atoms with E-state index in [1.54, 1.807) is 12.3 Å². The van der Waals surface area contributed by atoms with Crippen molar-refractivity contribution in [2.45, 2.75) is 39.6 Å². The van der Waals surface area contributed by atoms with Gasteiger partial charge in [0.2, 0.25) is 0 Å². The summed E-state index contributed by atoms with van der Waals surface area (Å²) in [5, 5.41) is 3.27. The van der Waals surface area contributed by atoms with Crippen molar-refractivity contribution >= 4 is 11.6 Å². The molecule has 0 atom stereocenters. The molecule has 0 saturated carbocycles. The van der Waals surface area contributed by atoms with Gasteiger partial charge in [-0.05, 0) is 29.3 Å². The first kappa shape index (κ1) is 22.0. The summed E-state index contributed by atoms with van der Waals surface area (Å²) in [6, 6.07) is 13.2. The molecule has 1 heterocycles. The molecule has 0 aliphatic rings. The van der Waals surface area contributed by atoms with Crippen LogP contribution in [-0.2, 0) is 19.7 Å². The van der Waals surface area contributed by atoms with Gasteiger partial charge >= 0.3 is 0 Å². The fourth-order valence-corrected chi connectivity index (χ4v) is 3.07. The summed E-state index contributed by atoms with van der Waals surface area (Å²) in [5.41, 5.74) is 1.89. The molecule has 0 fully saturated rings. The summed E-state index contributed by atoms with van der Waals surface area (Å²) in [6.07, 6.45) is 1.58. The highest BCUT2D eigenvalue weighted by atomic mass is 35.5. The van der Waals surface area contributed by atoms with Crippen molar-refractivity contribution in [3.63, 3.8) is 0 Å². The van der Waals surface area contributed by atoms with Crippen molar-refractivity contribution < 1.29 is 13.5 Å². The predicted octanol–water partition coefficient (Wildman–Crippen LogP) is 4.91. The van der Waals surface area contributed by atoms with Gasteiger partial charge in [0, 0.05) is 30.4 Å². The van der Waals surface area contributed by atoms with E-state index in [0.717, 1.165) is 29.8 Å². The number of hydrogen-bond acceptors (Lipinski definition) is 3. The highest BCUT2D eigenvalue weighted by Crippen LogP contribution is 2.22. The van der Waals surface area contributed by atoms with Crippen LogP contribution in [0.3, 0.4) is 0 Å². The van der Waals surface area contributed by atoms with Crippen LogP contribution < -0.4 is 15.6 Å². The molecule has 0 amide bonds. The summed E-state index contributed by atoms with van der Waals surface area (Å²) in [4.78, 5) is 12.6. The van der Waals surface area contributed by atoms with E-state index >= 15 is 0 Å². The normalized spacial score (nSPS) is 11.1. The first-order chi connectivity index (χ1) is 14.3. The van der Waals surface area contributed by atoms with Crippen molar-refractivity contribution in [3.8, 4) is 5.75 Å². The van der Waals surface area contributed by atoms with E-state index < -0.39 is 17.2 Å². The third kappa shape index (κ3) is 5.68. The Bertz CT molecular complexity index is 1070. The largest absolute Gasteiger partial charge is 0.487 e. The van der Waals surface area contributed by atoms with Gasteiger partial charge < -0.3 is 14.6 Å². The van der Waals surface area contributed by atoms with Crippen LogP contribution in [0, 0.1) is 11.6 Å². The van der Waals surface area contributed by atoms with Crippen LogP contribution in [0.5, 0.6) is 5.75 Å². The molecule has 1 N–H and O–H groups in total. The fraction of sp³-hybridized carbons (Fsp3) is 0.261. The molecule has 0 radical (unpaired) electrons. The number of pyridine rings is 1. The quantitative estimate of drug-likeness (QED) is 0.550. The minimum atomic E-state index is -0.716. The third-order valence-electron chi connectivity index (χ3n) is 4.56. The minimum absolute atomic E-state index is 0.0854. The molecule has 1 aromatic heterocycles. The average molecular weight is 433 g/mol. The van der Waals surface area contributed by atoms with E-state index in [4.69, 9.17) is 16.3 Å². The van der Waals surface area contributed by atoms with Crippen LogP contribution in [0.25, 0.3) is 0 Å². The number of hydrogen-bond donors (Lipinski definition) is 1. The Hall–Kier alpha value is -2.70. The summed E-state index contributed by atoms with van der Waals surface area (Å²) in [5.74, 6) is -1.23. The number of nitrogens with zero attached hydrogens (tertiary/aromatic N) is 1. The van der Waals surface area contributed by atoms with Gasteiger partial charge in [0.05, 0.1) is 6.54 Å². The molecule has 30 heavy (non-hydrogen) atoms. The van der Waals surface area contributed by atoms with Gasteiger partial charge in [-0.25, -0.2) is 8.78 Å². The number of nitrogens with one attached hydrogen (secondary N) is 1. The van der Waals surface area contributed by atoms with Crippen LogP contribution in [0.2, 0.25) is 5.02 Å². The summed E-state index contributed by atoms with van der Waals surface area (Å²) in [6.45, 7) is 5.16. The molecule has 7 heteroatoms. The maximum atomic E-state index is 13.7. The first-order valence-corrected chi connectivity index (χ1v) is 9.98. The minimum Gasteiger partial charge on any atom is -0.487 e. The lowest BCUT2D eigenvalue weighted by atomic mass is 10.1. The Labute approximate surface area is 179 Å². The van der Waals surface area contributed by atoms with E-state index in [2.05, 4.69) is 19.2 Å². The van der Waals surface area contributed by atoms with Crippen LogP contribution in [0.4, 0.5) is 8.78 Å². The average Bonchev–Trinajstić information content (AvgIpc) is 2.71. The number of ether oxygens (including phenoxy) is 1. The molecule has 3 aromatic rings. The second-order valence-electron chi connectivity index (χ2n) is 7.30. The van der Waals surface area contributed by atoms with Crippen LogP contribution >= 0.6 is 11.6 Å². The molecular formula is C23H23ClF2N2O2. The fourth-order valence-electron chi connectivity index (χ4n) is 2.84. The van der Waals surface area contributed by atoms with Gasteiger partial charge in [0.15, 0.2) is 0 Å². The summed E-state index contributed by atoms with van der Waals surface area (Å²) in [7, 11) is 0. The molecule has 0 spiro atoms. The van der Waals surface area contributed by atoms with Gasteiger partial charge in [0.25, 0.3) is 5.56 Å². The number of benzene rings is 2. The molecule has 4 nitrogen and oxygen atoms in total. The van der Waals surface area contributed by atoms with Gasteiger partial charge in [-0.3, -0.25) is 4.79 Å². The van der Waals surface area contributed by atoms with Crippen LogP contribution in [-0.4, -0.2) is 10.6 Å². The van der Waals surface area contributed by atoms with Gasteiger partial charge in [-0.2, -0.15) is 0 Å².